The second-order valence-electron chi connectivity index (χ2n) is 9.01. The van der Waals surface area contributed by atoms with Crippen molar-refractivity contribution in [3.05, 3.63) is 53.1 Å². The zero-order valence-corrected chi connectivity index (χ0v) is 18.9. The van der Waals surface area contributed by atoms with E-state index in [1.165, 1.54) is 0 Å². The van der Waals surface area contributed by atoms with Crippen molar-refractivity contribution >= 4 is 17.0 Å². The molecule has 0 spiro atoms. The van der Waals surface area contributed by atoms with Gasteiger partial charge >= 0.3 is 6.09 Å². The third kappa shape index (κ3) is 4.81. The van der Waals surface area contributed by atoms with Crippen LogP contribution in [-0.4, -0.2) is 33.3 Å². The van der Waals surface area contributed by atoms with Gasteiger partial charge in [0.05, 0.1) is 24.0 Å². The molecule has 0 aliphatic carbocycles. The number of hydrogen-bond donors (Lipinski definition) is 0. The lowest BCUT2D eigenvalue weighted by molar-refractivity contribution is 0.0544. The molecule has 30 heavy (non-hydrogen) atoms. The summed E-state index contributed by atoms with van der Waals surface area (Å²) in [4.78, 5) is 22.3. The molecule has 0 aliphatic rings. The molecule has 1 aromatic carbocycles. The van der Waals surface area contributed by atoms with Crippen LogP contribution in [0.2, 0.25) is 0 Å². The third-order valence-corrected chi connectivity index (χ3v) is 4.74. The molecular weight excluding hydrogens is 378 g/mol. The molecule has 0 unspecified atom stereocenters. The molecular formula is C24H31N3O3. The first-order valence-corrected chi connectivity index (χ1v) is 10.3. The highest BCUT2D eigenvalue weighted by Crippen LogP contribution is 2.27. The van der Waals surface area contributed by atoms with Crippen LogP contribution in [0.3, 0.4) is 0 Å². The van der Waals surface area contributed by atoms with Crippen molar-refractivity contribution in [2.24, 2.45) is 5.92 Å². The summed E-state index contributed by atoms with van der Waals surface area (Å²) >= 11 is 0. The maximum atomic E-state index is 12.8. The van der Waals surface area contributed by atoms with E-state index in [2.05, 4.69) is 13.8 Å². The number of carbonyl (C=O) groups excluding carboxylic acids is 1. The quantitative estimate of drug-likeness (QED) is 0.570. The predicted molar refractivity (Wildman–Crippen MR) is 118 cm³/mol. The molecule has 0 saturated carbocycles. The normalized spacial score (nSPS) is 11.9. The van der Waals surface area contributed by atoms with Crippen LogP contribution in [0.15, 0.2) is 30.5 Å². The zero-order chi connectivity index (χ0) is 22.1. The van der Waals surface area contributed by atoms with E-state index in [1.54, 1.807) is 11.7 Å². The number of hydrogen-bond acceptors (Lipinski definition) is 5. The highest BCUT2D eigenvalue weighted by Gasteiger charge is 2.22. The van der Waals surface area contributed by atoms with E-state index in [4.69, 9.17) is 19.4 Å². The van der Waals surface area contributed by atoms with Gasteiger partial charge in [-0.3, -0.25) is 9.55 Å². The standard InChI is InChI=1S/C24H31N3O3/c1-15(2)12-19-16(3)25-20(22(26-19)29-7)13-17-14-27(23(28)30-24(4,5)6)21-11-9-8-10-18(17)21/h8-11,14-15H,12-13H2,1-7H3. The number of benzene rings is 1. The van der Waals surface area contributed by atoms with Gasteiger partial charge in [0.2, 0.25) is 5.88 Å². The first kappa shape index (κ1) is 21.8. The second kappa shape index (κ2) is 8.46. The van der Waals surface area contributed by atoms with Gasteiger partial charge in [0.1, 0.15) is 11.3 Å². The van der Waals surface area contributed by atoms with Gasteiger partial charge in [-0.15, -0.1) is 0 Å². The van der Waals surface area contributed by atoms with Crippen molar-refractivity contribution in [1.29, 1.82) is 0 Å². The van der Waals surface area contributed by atoms with Crippen LogP contribution in [-0.2, 0) is 17.6 Å². The first-order chi connectivity index (χ1) is 14.1. The van der Waals surface area contributed by atoms with Crippen LogP contribution in [0, 0.1) is 12.8 Å². The average Bonchev–Trinajstić information content (AvgIpc) is 3.01. The number of rotatable bonds is 5. The lowest BCUT2D eigenvalue weighted by Gasteiger charge is -2.19. The Hall–Kier alpha value is -2.89. The van der Waals surface area contributed by atoms with Crippen LogP contribution >= 0.6 is 0 Å². The lowest BCUT2D eigenvalue weighted by atomic mass is 10.1. The highest BCUT2D eigenvalue weighted by molar-refractivity contribution is 5.92. The fourth-order valence-electron chi connectivity index (χ4n) is 3.48. The maximum absolute atomic E-state index is 12.8. The monoisotopic (exact) mass is 409 g/mol. The molecule has 0 saturated heterocycles. The minimum absolute atomic E-state index is 0.397. The van der Waals surface area contributed by atoms with Crippen LogP contribution in [0.4, 0.5) is 4.79 Å². The molecule has 0 radical (unpaired) electrons. The molecule has 0 atom stereocenters. The fraction of sp³-hybridized carbons (Fsp3) is 0.458. The van der Waals surface area contributed by atoms with Crippen LogP contribution in [0.25, 0.3) is 10.9 Å². The molecule has 2 heterocycles. The summed E-state index contributed by atoms with van der Waals surface area (Å²) in [6.45, 7) is 11.9. The Morgan fingerprint density at radius 1 is 1.13 bits per heavy atom. The summed E-state index contributed by atoms with van der Waals surface area (Å²) in [7, 11) is 1.62. The van der Waals surface area contributed by atoms with Crippen molar-refractivity contribution in [2.45, 2.75) is 60.0 Å². The molecule has 0 fully saturated rings. The number of methoxy groups -OCH3 is 1. The minimum Gasteiger partial charge on any atom is -0.480 e. The molecule has 0 amide bonds. The van der Waals surface area contributed by atoms with Gasteiger partial charge in [0.15, 0.2) is 0 Å². The summed E-state index contributed by atoms with van der Waals surface area (Å²) in [6, 6.07) is 7.80. The summed E-state index contributed by atoms with van der Waals surface area (Å²) in [6.07, 6.45) is 2.80. The van der Waals surface area contributed by atoms with E-state index in [0.717, 1.165) is 40.0 Å². The van der Waals surface area contributed by atoms with Crippen molar-refractivity contribution in [2.75, 3.05) is 7.11 Å². The molecule has 0 aliphatic heterocycles. The smallest absolute Gasteiger partial charge is 0.419 e. The molecule has 6 nitrogen and oxygen atoms in total. The molecule has 0 N–H and O–H groups in total. The Labute approximate surface area is 178 Å². The number of carbonyl (C=O) groups is 1. The van der Waals surface area contributed by atoms with Gasteiger partial charge in [-0.2, -0.15) is 0 Å². The number of para-hydroxylation sites is 1. The SMILES string of the molecule is COc1nc(CC(C)C)c(C)nc1Cc1cn(C(=O)OC(C)(C)C)c2ccccc12. The second-order valence-corrected chi connectivity index (χ2v) is 9.01. The Balaban J connectivity index is 2.02. The van der Waals surface area contributed by atoms with Crippen LogP contribution < -0.4 is 4.74 Å². The average molecular weight is 410 g/mol. The van der Waals surface area contributed by atoms with Crippen LogP contribution in [0.5, 0.6) is 5.88 Å². The summed E-state index contributed by atoms with van der Waals surface area (Å²) < 4.78 is 12.7. The molecule has 6 heteroatoms. The van der Waals surface area contributed by atoms with E-state index in [-0.39, 0.29) is 0 Å². The first-order valence-electron chi connectivity index (χ1n) is 10.3. The number of aryl methyl sites for hydroxylation is 1. The zero-order valence-electron chi connectivity index (χ0n) is 18.9. The molecule has 2 aromatic heterocycles. The topological polar surface area (TPSA) is 66.2 Å². The number of nitrogens with zero attached hydrogens (tertiary/aromatic N) is 3. The van der Waals surface area contributed by atoms with E-state index in [0.29, 0.717) is 18.2 Å². The Morgan fingerprint density at radius 2 is 1.83 bits per heavy atom. The predicted octanol–water partition coefficient (Wildman–Crippen LogP) is 5.32. The number of fused-ring (bicyclic) bond motifs is 1. The third-order valence-electron chi connectivity index (χ3n) is 4.74. The number of ether oxygens (including phenoxy) is 2. The Morgan fingerprint density at radius 3 is 2.47 bits per heavy atom. The Kier molecular flexibility index (Phi) is 6.15. The van der Waals surface area contributed by atoms with Crippen molar-refractivity contribution < 1.29 is 14.3 Å². The van der Waals surface area contributed by atoms with Crippen LogP contribution in [0.1, 0.15) is 57.3 Å². The van der Waals surface area contributed by atoms with Gasteiger partial charge in [0.25, 0.3) is 0 Å². The van der Waals surface area contributed by atoms with Crippen molar-refractivity contribution in [3.8, 4) is 5.88 Å². The van der Waals surface area contributed by atoms with Crippen molar-refractivity contribution in [3.63, 3.8) is 0 Å². The highest BCUT2D eigenvalue weighted by atomic mass is 16.6. The summed E-state index contributed by atoms with van der Waals surface area (Å²) in [5, 5.41) is 0.983. The molecule has 160 valence electrons. The van der Waals surface area contributed by atoms with Crippen molar-refractivity contribution in [1.82, 2.24) is 14.5 Å². The summed E-state index contributed by atoms with van der Waals surface area (Å²) in [5.41, 5.74) is 3.84. The molecule has 0 bridgehead atoms. The maximum Gasteiger partial charge on any atom is 0.419 e. The van der Waals surface area contributed by atoms with Gasteiger partial charge in [-0.05, 0) is 51.7 Å². The fourth-order valence-corrected chi connectivity index (χ4v) is 3.48. The van der Waals surface area contributed by atoms with Gasteiger partial charge in [-0.25, -0.2) is 9.78 Å². The Bertz CT molecular complexity index is 1060. The summed E-state index contributed by atoms with van der Waals surface area (Å²) in [5.74, 6) is 1.02. The molecule has 3 aromatic rings. The van der Waals surface area contributed by atoms with E-state index < -0.39 is 11.7 Å². The molecule has 3 rings (SSSR count). The van der Waals surface area contributed by atoms with Gasteiger partial charge < -0.3 is 9.47 Å². The lowest BCUT2D eigenvalue weighted by Crippen LogP contribution is -2.26. The van der Waals surface area contributed by atoms with Gasteiger partial charge in [-0.1, -0.05) is 32.0 Å². The van der Waals surface area contributed by atoms with E-state index in [9.17, 15) is 4.79 Å². The van der Waals surface area contributed by atoms with Gasteiger partial charge in [0, 0.05) is 18.0 Å². The number of aromatic nitrogens is 3. The van der Waals surface area contributed by atoms with E-state index in [1.807, 2.05) is 58.2 Å². The largest absolute Gasteiger partial charge is 0.480 e. The van der Waals surface area contributed by atoms with E-state index >= 15 is 0 Å². The minimum atomic E-state index is -0.569.